The van der Waals surface area contributed by atoms with Crippen LogP contribution in [0.1, 0.15) is 53.1 Å². The Hall–Kier alpha value is -3.13. The summed E-state index contributed by atoms with van der Waals surface area (Å²) >= 11 is 0. The number of rotatable bonds is 4. The van der Waals surface area contributed by atoms with Gasteiger partial charge in [-0.25, -0.2) is 15.0 Å². The summed E-state index contributed by atoms with van der Waals surface area (Å²) in [6, 6.07) is 6.29. The van der Waals surface area contributed by atoms with Crippen molar-refractivity contribution in [3.63, 3.8) is 0 Å². The van der Waals surface area contributed by atoms with E-state index < -0.39 is 0 Å². The lowest BCUT2D eigenvalue weighted by Crippen LogP contribution is -2.33. The SMILES string of the molecule is Cc1ccc2c(C)nc(CN3CCC(c4cc(-c5c(C)nn(C)c5C)n[nH]4)CC3)nc2n1. The second-order valence-electron chi connectivity index (χ2n) is 8.98. The molecule has 0 amide bonds. The number of nitrogens with zero attached hydrogens (tertiary/aromatic N) is 7. The number of aryl methyl sites for hydroxylation is 4. The highest BCUT2D eigenvalue weighted by Gasteiger charge is 2.24. The van der Waals surface area contributed by atoms with Crippen molar-refractivity contribution in [3.05, 3.63) is 52.5 Å². The van der Waals surface area contributed by atoms with Gasteiger partial charge in [-0.2, -0.15) is 10.2 Å². The van der Waals surface area contributed by atoms with Gasteiger partial charge >= 0.3 is 0 Å². The molecule has 0 bridgehead atoms. The maximum atomic E-state index is 4.74. The first-order valence-electron chi connectivity index (χ1n) is 11.3. The zero-order valence-electron chi connectivity index (χ0n) is 19.5. The van der Waals surface area contributed by atoms with Crippen LogP contribution in [-0.2, 0) is 13.6 Å². The second kappa shape index (κ2) is 8.09. The minimum Gasteiger partial charge on any atom is -0.296 e. The fraction of sp³-hybridized carbons (Fsp3) is 0.458. The Kier molecular flexibility index (Phi) is 5.25. The van der Waals surface area contributed by atoms with Gasteiger partial charge in [0.25, 0.3) is 0 Å². The van der Waals surface area contributed by atoms with Crippen molar-refractivity contribution in [3.8, 4) is 11.3 Å². The summed E-state index contributed by atoms with van der Waals surface area (Å²) < 4.78 is 1.92. The van der Waals surface area contributed by atoms with Crippen molar-refractivity contribution >= 4 is 11.0 Å². The van der Waals surface area contributed by atoms with Crippen molar-refractivity contribution in [1.82, 2.24) is 39.8 Å². The molecule has 166 valence electrons. The van der Waals surface area contributed by atoms with E-state index in [2.05, 4.69) is 44.2 Å². The first-order valence-corrected chi connectivity index (χ1v) is 11.3. The monoisotopic (exact) mass is 430 g/mol. The molecule has 5 rings (SSSR count). The van der Waals surface area contributed by atoms with Crippen LogP contribution in [0.4, 0.5) is 0 Å². The number of aromatic amines is 1. The third kappa shape index (κ3) is 3.79. The average Bonchev–Trinajstić information content (AvgIpc) is 3.32. The van der Waals surface area contributed by atoms with Crippen LogP contribution in [0.2, 0.25) is 0 Å². The molecule has 8 nitrogen and oxygen atoms in total. The lowest BCUT2D eigenvalue weighted by Gasteiger charge is -2.30. The summed E-state index contributed by atoms with van der Waals surface area (Å²) in [5, 5.41) is 13.5. The molecule has 0 aliphatic carbocycles. The number of hydrogen-bond donors (Lipinski definition) is 1. The highest BCUT2D eigenvalue weighted by molar-refractivity contribution is 5.77. The summed E-state index contributed by atoms with van der Waals surface area (Å²) in [5.41, 5.74) is 8.30. The minimum absolute atomic E-state index is 0.494. The Morgan fingerprint density at radius 3 is 2.50 bits per heavy atom. The minimum atomic E-state index is 0.494. The van der Waals surface area contributed by atoms with Crippen molar-refractivity contribution < 1.29 is 0 Å². The van der Waals surface area contributed by atoms with Crippen molar-refractivity contribution in [2.45, 2.75) is 53.0 Å². The molecule has 5 heterocycles. The van der Waals surface area contributed by atoms with Crippen LogP contribution in [-0.4, -0.2) is 52.9 Å². The van der Waals surface area contributed by atoms with E-state index in [1.54, 1.807) is 0 Å². The molecular formula is C24H30N8. The van der Waals surface area contributed by atoms with E-state index >= 15 is 0 Å². The molecule has 4 aromatic heterocycles. The van der Waals surface area contributed by atoms with Gasteiger partial charge < -0.3 is 0 Å². The summed E-state index contributed by atoms with van der Waals surface area (Å²) in [7, 11) is 1.98. The first-order chi connectivity index (χ1) is 15.4. The Balaban J connectivity index is 1.26. The first kappa shape index (κ1) is 20.8. The standard InChI is InChI=1S/C24H30N8/c1-14-6-7-19-15(2)26-22(27-24(19)25-14)13-32-10-8-18(9-11-32)20-12-21(29-28-20)23-16(3)30-31(5)17(23)4/h6-7,12,18H,8-11,13H2,1-5H3,(H,28,29). The molecule has 32 heavy (non-hydrogen) atoms. The van der Waals surface area contributed by atoms with Crippen LogP contribution in [0.3, 0.4) is 0 Å². The Bertz CT molecular complexity index is 1280. The molecule has 8 heteroatoms. The van der Waals surface area contributed by atoms with Crippen LogP contribution < -0.4 is 0 Å². The van der Waals surface area contributed by atoms with Crippen LogP contribution in [0, 0.1) is 27.7 Å². The van der Waals surface area contributed by atoms with Gasteiger partial charge in [0.15, 0.2) is 5.65 Å². The number of fused-ring (bicyclic) bond motifs is 1. The predicted octanol–water partition coefficient (Wildman–Crippen LogP) is 3.76. The van der Waals surface area contributed by atoms with E-state index in [4.69, 9.17) is 9.97 Å². The maximum Gasteiger partial charge on any atom is 0.163 e. The fourth-order valence-corrected chi connectivity index (χ4v) is 4.80. The van der Waals surface area contributed by atoms with Crippen molar-refractivity contribution in [2.75, 3.05) is 13.1 Å². The zero-order chi connectivity index (χ0) is 22.4. The summed E-state index contributed by atoms with van der Waals surface area (Å²) in [4.78, 5) is 16.5. The average molecular weight is 431 g/mol. The topological polar surface area (TPSA) is 88.4 Å². The van der Waals surface area contributed by atoms with E-state index in [0.717, 1.165) is 83.4 Å². The molecule has 0 unspecified atom stereocenters. The normalized spacial score (nSPS) is 15.7. The summed E-state index contributed by atoms with van der Waals surface area (Å²) in [6.45, 7) is 11.0. The van der Waals surface area contributed by atoms with Gasteiger partial charge in [0.05, 0.1) is 23.6 Å². The van der Waals surface area contributed by atoms with Crippen LogP contribution >= 0.6 is 0 Å². The molecule has 1 saturated heterocycles. The van der Waals surface area contributed by atoms with Gasteiger partial charge in [0.2, 0.25) is 0 Å². The number of likely N-dealkylation sites (tertiary alicyclic amines) is 1. The molecule has 0 saturated carbocycles. The number of pyridine rings is 1. The molecule has 4 aromatic rings. The van der Waals surface area contributed by atoms with Crippen LogP contribution in [0.5, 0.6) is 0 Å². The van der Waals surface area contributed by atoms with Crippen molar-refractivity contribution in [1.29, 1.82) is 0 Å². The van der Waals surface area contributed by atoms with Crippen LogP contribution in [0.25, 0.3) is 22.3 Å². The van der Waals surface area contributed by atoms with E-state index in [9.17, 15) is 0 Å². The lowest BCUT2D eigenvalue weighted by atomic mass is 9.93. The molecule has 0 atom stereocenters. The highest BCUT2D eigenvalue weighted by Crippen LogP contribution is 2.31. The van der Waals surface area contributed by atoms with Gasteiger partial charge in [-0.3, -0.25) is 14.7 Å². The molecule has 0 aromatic carbocycles. The van der Waals surface area contributed by atoms with Crippen molar-refractivity contribution in [2.24, 2.45) is 7.05 Å². The summed E-state index contributed by atoms with van der Waals surface area (Å²) in [5.74, 6) is 1.35. The molecular weight excluding hydrogens is 400 g/mol. The quantitative estimate of drug-likeness (QED) is 0.530. The number of piperidine rings is 1. The van der Waals surface area contributed by atoms with E-state index in [-0.39, 0.29) is 0 Å². The molecule has 1 aliphatic rings. The molecule has 1 aliphatic heterocycles. The van der Waals surface area contributed by atoms with Gasteiger partial charge in [-0.05, 0) is 71.8 Å². The number of aromatic nitrogens is 7. The number of nitrogens with one attached hydrogen (secondary N) is 1. The second-order valence-corrected chi connectivity index (χ2v) is 8.98. The summed E-state index contributed by atoms with van der Waals surface area (Å²) in [6.07, 6.45) is 2.19. The lowest BCUT2D eigenvalue weighted by molar-refractivity contribution is 0.199. The fourth-order valence-electron chi connectivity index (χ4n) is 4.80. The molecule has 0 radical (unpaired) electrons. The maximum absolute atomic E-state index is 4.74. The highest BCUT2D eigenvalue weighted by atomic mass is 15.3. The third-order valence-electron chi connectivity index (χ3n) is 6.69. The third-order valence-corrected chi connectivity index (χ3v) is 6.69. The van der Waals surface area contributed by atoms with Gasteiger partial charge in [-0.1, -0.05) is 0 Å². The largest absolute Gasteiger partial charge is 0.296 e. The number of hydrogen-bond acceptors (Lipinski definition) is 6. The molecule has 0 spiro atoms. The predicted molar refractivity (Wildman–Crippen MR) is 124 cm³/mol. The van der Waals surface area contributed by atoms with Crippen LogP contribution in [0.15, 0.2) is 18.2 Å². The van der Waals surface area contributed by atoms with Gasteiger partial charge in [0.1, 0.15) is 5.82 Å². The molecule has 1 fully saturated rings. The van der Waals surface area contributed by atoms with E-state index in [1.165, 1.54) is 5.69 Å². The molecule has 1 N–H and O–H groups in total. The Labute approximate surface area is 188 Å². The Morgan fingerprint density at radius 2 is 1.78 bits per heavy atom. The van der Waals surface area contributed by atoms with Gasteiger partial charge in [-0.15, -0.1) is 0 Å². The zero-order valence-corrected chi connectivity index (χ0v) is 19.5. The number of H-pyrrole nitrogens is 1. The van der Waals surface area contributed by atoms with Gasteiger partial charge in [0, 0.05) is 41.0 Å². The Morgan fingerprint density at radius 1 is 1.00 bits per heavy atom. The smallest absolute Gasteiger partial charge is 0.163 e. The van der Waals surface area contributed by atoms with E-state index in [1.807, 2.05) is 38.6 Å². The van der Waals surface area contributed by atoms with E-state index in [0.29, 0.717) is 5.92 Å².